The van der Waals surface area contributed by atoms with Crippen LogP contribution < -0.4 is 0 Å². The molecule has 0 saturated carbocycles. The molecular weight excluding hydrogens is 674 g/mol. The average Bonchev–Trinajstić information content (AvgIpc) is 2.89. The molecule has 0 radical (unpaired) electrons. The molecule has 40 heavy (non-hydrogen) atoms. The van der Waals surface area contributed by atoms with E-state index in [1.807, 2.05) is 0 Å². The molecule has 0 aliphatic carbocycles. The zero-order valence-corrected chi connectivity index (χ0v) is 23.6. The van der Waals surface area contributed by atoms with Gasteiger partial charge in [-0.1, -0.05) is 68.3 Å². The molecule has 2 amide bonds. The maximum atomic E-state index is 12.6. The number of rotatable bonds is 8. The van der Waals surface area contributed by atoms with Crippen molar-refractivity contribution < 1.29 is 35.9 Å². The predicted molar refractivity (Wildman–Crippen MR) is 141 cm³/mol. The van der Waals surface area contributed by atoms with Crippen molar-refractivity contribution in [3.8, 4) is 12.1 Å². The van der Waals surface area contributed by atoms with Crippen LogP contribution in [-0.4, -0.2) is 47.1 Å². The van der Waals surface area contributed by atoms with Crippen LogP contribution in [-0.2, 0) is 9.59 Å². The fraction of sp³-hybridized carbons (Fsp3) is 0.231. The lowest BCUT2D eigenvalue weighted by Crippen LogP contribution is -2.43. The number of halogens is 8. The number of amides is 2. The number of carbonyl (C=O) groups is 2. The van der Waals surface area contributed by atoms with Crippen molar-refractivity contribution in [3.63, 3.8) is 0 Å². The van der Waals surface area contributed by atoms with E-state index in [1.54, 1.807) is 36.4 Å². The van der Waals surface area contributed by atoms with Crippen LogP contribution in [0.25, 0.3) is 0 Å². The van der Waals surface area contributed by atoms with Crippen molar-refractivity contribution in [3.05, 3.63) is 93.9 Å². The Morgan fingerprint density at radius 3 is 1.20 bits per heavy atom. The third-order valence-electron chi connectivity index (χ3n) is 4.90. The van der Waals surface area contributed by atoms with Gasteiger partial charge in [0, 0.05) is 22.0 Å². The summed E-state index contributed by atoms with van der Waals surface area (Å²) >= 11 is 6.37. The minimum absolute atomic E-state index is 0.301. The Kier molecular flexibility index (Phi) is 13.1. The topological polar surface area (TPSA) is 88.2 Å². The van der Waals surface area contributed by atoms with E-state index in [-0.39, 0.29) is 13.1 Å². The number of hydrogen-bond acceptors (Lipinski definition) is 4. The number of hydrogen-bond donors (Lipinski definition) is 0. The summed E-state index contributed by atoms with van der Waals surface area (Å²) in [6.07, 6.45) is -7.78. The number of carbonyl (C=O) groups excluding carboxylic acids is 2. The van der Waals surface area contributed by atoms with Crippen LogP contribution in [0.1, 0.15) is 23.2 Å². The predicted octanol–water partition coefficient (Wildman–Crippen LogP) is 7.18. The molecule has 0 aliphatic rings. The SMILES string of the molecule is C=CCN(C(=O)C(F)(F)F)C(C#N)c1ccc(Br)cc1.C=CCN(C(=O)C(F)(F)F)C(C#N)c1ccc(Br)cc1. The maximum Gasteiger partial charge on any atom is 0.471 e. The third-order valence-corrected chi connectivity index (χ3v) is 5.96. The monoisotopic (exact) mass is 692 g/mol. The molecule has 0 fully saturated rings. The van der Waals surface area contributed by atoms with Crippen molar-refractivity contribution in [2.75, 3.05) is 13.1 Å². The molecule has 6 nitrogen and oxygen atoms in total. The average molecular weight is 694 g/mol. The minimum Gasteiger partial charge on any atom is -0.311 e. The van der Waals surface area contributed by atoms with Crippen LogP contribution in [0.2, 0.25) is 0 Å². The summed E-state index contributed by atoms with van der Waals surface area (Å²) in [4.78, 5) is 23.7. The third kappa shape index (κ3) is 9.84. The second kappa shape index (κ2) is 15.2. The molecule has 212 valence electrons. The van der Waals surface area contributed by atoms with Gasteiger partial charge in [-0.05, 0) is 35.4 Å². The fourth-order valence-electron chi connectivity index (χ4n) is 3.15. The maximum absolute atomic E-state index is 12.6. The summed E-state index contributed by atoms with van der Waals surface area (Å²) in [6.45, 7) is 5.89. The van der Waals surface area contributed by atoms with Gasteiger partial charge in [0.1, 0.15) is 12.1 Å². The minimum atomic E-state index is -5.03. The molecule has 14 heteroatoms. The molecule has 0 bridgehead atoms. The second-order valence-electron chi connectivity index (χ2n) is 7.65. The number of alkyl halides is 6. The largest absolute Gasteiger partial charge is 0.471 e. The van der Waals surface area contributed by atoms with Gasteiger partial charge in [-0.15, -0.1) is 13.2 Å². The highest BCUT2D eigenvalue weighted by Crippen LogP contribution is 2.29. The van der Waals surface area contributed by atoms with Crippen LogP contribution in [0, 0.1) is 22.7 Å². The molecule has 2 atom stereocenters. The van der Waals surface area contributed by atoms with Crippen molar-refractivity contribution in [2.45, 2.75) is 24.4 Å². The normalized spacial score (nSPS) is 12.3. The van der Waals surface area contributed by atoms with Gasteiger partial charge >= 0.3 is 24.2 Å². The Bertz CT molecular complexity index is 1170. The Hall–Kier alpha value is -3.62. The standard InChI is InChI=1S/2C13H10BrF3N2O/c2*1-2-7-19(12(20)13(15,16)17)11(8-18)9-3-5-10(14)6-4-9/h2*2-6,11H,1,7H2. The van der Waals surface area contributed by atoms with E-state index in [0.29, 0.717) is 20.9 Å². The molecule has 2 rings (SSSR count). The highest BCUT2D eigenvalue weighted by Gasteiger charge is 2.45. The summed E-state index contributed by atoms with van der Waals surface area (Å²) in [5.41, 5.74) is 0.602. The Morgan fingerprint density at radius 1 is 0.725 bits per heavy atom. The first-order valence-corrected chi connectivity index (χ1v) is 12.5. The lowest BCUT2D eigenvalue weighted by atomic mass is 10.1. The molecule has 2 aromatic rings. The van der Waals surface area contributed by atoms with E-state index >= 15 is 0 Å². The van der Waals surface area contributed by atoms with Crippen LogP contribution >= 0.6 is 31.9 Å². The van der Waals surface area contributed by atoms with Crippen LogP contribution in [0.5, 0.6) is 0 Å². The van der Waals surface area contributed by atoms with Crippen LogP contribution in [0.4, 0.5) is 26.3 Å². The van der Waals surface area contributed by atoms with Gasteiger partial charge < -0.3 is 9.80 Å². The Morgan fingerprint density at radius 2 is 1.00 bits per heavy atom. The van der Waals surface area contributed by atoms with E-state index in [0.717, 1.165) is 21.1 Å². The summed E-state index contributed by atoms with van der Waals surface area (Å²) < 4.78 is 76.8. The van der Waals surface area contributed by atoms with Gasteiger partial charge in [-0.3, -0.25) is 9.59 Å². The second-order valence-corrected chi connectivity index (χ2v) is 9.49. The quantitative estimate of drug-likeness (QED) is 0.217. The van der Waals surface area contributed by atoms with E-state index < -0.39 is 36.3 Å². The highest BCUT2D eigenvalue weighted by atomic mass is 79.9. The zero-order valence-electron chi connectivity index (χ0n) is 20.4. The van der Waals surface area contributed by atoms with Crippen LogP contribution in [0.15, 0.2) is 82.8 Å². The van der Waals surface area contributed by atoms with Crippen molar-refractivity contribution >= 4 is 43.7 Å². The molecule has 0 aromatic heterocycles. The first-order chi connectivity index (χ1) is 18.6. The van der Waals surface area contributed by atoms with Crippen molar-refractivity contribution in [2.24, 2.45) is 0 Å². The van der Waals surface area contributed by atoms with E-state index in [4.69, 9.17) is 10.5 Å². The summed E-state index contributed by atoms with van der Waals surface area (Å²) in [7, 11) is 0. The summed E-state index contributed by atoms with van der Waals surface area (Å²) in [6, 6.07) is 13.1. The lowest BCUT2D eigenvalue weighted by molar-refractivity contribution is -0.186. The Labute approximate surface area is 243 Å². The zero-order chi connectivity index (χ0) is 30.7. The van der Waals surface area contributed by atoms with E-state index in [9.17, 15) is 35.9 Å². The molecular formula is C26H20Br2F6N4O2. The summed E-state index contributed by atoms with van der Waals surface area (Å²) in [5.74, 6) is -4.13. The number of nitriles is 2. The van der Waals surface area contributed by atoms with Gasteiger partial charge in [0.05, 0.1) is 12.1 Å². The molecule has 0 saturated heterocycles. The molecule has 0 aliphatic heterocycles. The van der Waals surface area contributed by atoms with Gasteiger partial charge in [0.15, 0.2) is 0 Å². The molecule has 2 unspecified atom stereocenters. The fourth-order valence-corrected chi connectivity index (χ4v) is 3.68. The molecule has 0 N–H and O–H groups in total. The number of benzene rings is 2. The molecule has 2 aromatic carbocycles. The van der Waals surface area contributed by atoms with Crippen molar-refractivity contribution in [1.29, 1.82) is 10.5 Å². The van der Waals surface area contributed by atoms with Crippen LogP contribution in [0.3, 0.4) is 0 Å². The van der Waals surface area contributed by atoms with Gasteiger partial charge in [0.2, 0.25) is 0 Å². The van der Waals surface area contributed by atoms with E-state index in [1.165, 1.54) is 24.3 Å². The molecule has 0 spiro atoms. The van der Waals surface area contributed by atoms with Gasteiger partial charge in [-0.25, -0.2) is 0 Å². The summed E-state index contributed by atoms with van der Waals surface area (Å²) in [5, 5.41) is 18.2. The molecule has 0 heterocycles. The van der Waals surface area contributed by atoms with E-state index in [2.05, 4.69) is 45.0 Å². The van der Waals surface area contributed by atoms with Crippen molar-refractivity contribution in [1.82, 2.24) is 9.80 Å². The highest BCUT2D eigenvalue weighted by molar-refractivity contribution is 9.10. The smallest absolute Gasteiger partial charge is 0.311 e. The first kappa shape index (κ1) is 34.4. The van der Waals surface area contributed by atoms with Gasteiger partial charge in [-0.2, -0.15) is 36.9 Å². The number of nitrogens with zero attached hydrogens (tertiary/aromatic N) is 4. The Balaban J connectivity index is 0.000000400. The lowest BCUT2D eigenvalue weighted by Gasteiger charge is -2.27. The van der Waals surface area contributed by atoms with Gasteiger partial charge in [0.25, 0.3) is 0 Å². The first-order valence-electron chi connectivity index (χ1n) is 10.9.